The van der Waals surface area contributed by atoms with Gasteiger partial charge in [0.1, 0.15) is 17.4 Å². The third kappa shape index (κ3) is 6.14. The number of thiazole rings is 1. The molecule has 3 aromatic rings. The van der Waals surface area contributed by atoms with Crippen molar-refractivity contribution in [2.24, 2.45) is 0 Å². The van der Waals surface area contributed by atoms with Crippen molar-refractivity contribution in [3.8, 4) is 5.75 Å². The van der Waals surface area contributed by atoms with Crippen LogP contribution in [0.3, 0.4) is 0 Å². The molecule has 0 aliphatic rings. The highest BCUT2D eigenvalue weighted by Crippen LogP contribution is 2.18. The number of benzene rings is 2. The SMILES string of the molecule is COCCN(Cc1csc(COc2ccc(C)cc2)n1)C(=O)c1cccc(C)c1. The van der Waals surface area contributed by atoms with E-state index in [-0.39, 0.29) is 5.91 Å². The minimum absolute atomic E-state index is 0.0174. The van der Waals surface area contributed by atoms with Crippen molar-refractivity contribution in [1.29, 1.82) is 0 Å². The highest BCUT2D eigenvalue weighted by atomic mass is 32.1. The molecule has 0 N–H and O–H groups in total. The largest absolute Gasteiger partial charge is 0.486 e. The van der Waals surface area contributed by atoms with E-state index in [1.807, 2.05) is 67.8 Å². The number of carbonyl (C=O) groups excluding carboxylic acids is 1. The molecule has 0 unspecified atom stereocenters. The first-order valence-corrected chi connectivity index (χ1v) is 10.4. The molecular formula is C23H26N2O3S. The van der Waals surface area contributed by atoms with Crippen molar-refractivity contribution in [1.82, 2.24) is 9.88 Å². The summed E-state index contributed by atoms with van der Waals surface area (Å²) in [4.78, 5) is 19.4. The topological polar surface area (TPSA) is 51.7 Å². The maximum Gasteiger partial charge on any atom is 0.254 e. The maximum atomic E-state index is 13.0. The zero-order valence-electron chi connectivity index (χ0n) is 17.1. The van der Waals surface area contributed by atoms with E-state index >= 15 is 0 Å². The number of aromatic nitrogens is 1. The molecule has 0 radical (unpaired) electrons. The highest BCUT2D eigenvalue weighted by Gasteiger charge is 2.17. The molecule has 0 bridgehead atoms. The van der Waals surface area contributed by atoms with Crippen LogP contribution >= 0.6 is 11.3 Å². The summed E-state index contributed by atoms with van der Waals surface area (Å²) < 4.78 is 11.0. The molecule has 0 aliphatic heterocycles. The summed E-state index contributed by atoms with van der Waals surface area (Å²) in [6, 6.07) is 15.6. The number of rotatable bonds is 9. The van der Waals surface area contributed by atoms with E-state index in [2.05, 4.69) is 4.98 Å². The fraction of sp³-hybridized carbons (Fsp3) is 0.304. The minimum Gasteiger partial charge on any atom is -0.486 e. The Hall–Kier alpha value is -2.70. The van der Waals surface area contributed by atoms with E-state index in [1.165, 1.54) is 5.56 Å². The normalized spacial score (nSPS) is 10.7. The monoisotopic (exact) mass is 410 g/mol. The fourth-order valence-electron chi connectivity index (χ4n) is 2.88. The van der Waals surface area contributed by atoms with Crippen molar-refractivity contribution in [2.45, 2.75) is 27.0 Å². The van der Waals surface area contributed by atoms with Crippen molar-refractivity contribution in [2.75, 3.05) is 20.3 Å². The van der Waals surface area contributed by atoms with Crippen LogP contribution in [0.4, 0.5) is 0 Å². The Kier molecular flexibility index (Phi) is 7.38. The highest BCUT2D eigenvalue weighted by molar-refractivity contribution is 7.09. The van der Waals surface area contributed by atoms with Gasteiger partial charge in [0.2, 0.25) is 0 Å². The van der Waals surface area contributed by atoms with E-state index in [0.29, 0.717) is 31.9 Å². The van der Waals surface area contributed by atoms with Gasteiger partial charge in [0.15, 0.2) is 0 Å². The maximum absolute atomic E-state index is 13.0. The fourth-order valence-corrected chi connectivity index (χ4v) is 3.57. The van der Waals surface area contributed by atoms with Gasteiger partial charge < -0.3 is 14.4 Å². The van der Waals surface area contributed by atoms with Gasteiger partial charge in [-0.25, -0.2) is 4.98 Å². The van der Waals surface area contributed by atoms with Gasteiger partial charge in [0.25, 0.3) is 5.91 Å². The van der Waals surface area contributed by atoms with E-state index in [0.717, 1.165) is 22.0 Å². The summed E-state index contributed by atoms with van der Waals surface area (Å²) in [7, 11) is 1.64. The molecule has 29 heavy (non-hydrogen) atoms. The molecule has 5 nitrogen and oxygen atoms in total. The van der Waals surface area contributed by atoms with Crippen molar-refractivity contribution >= 4 is 17.2 Å². The predicted molar refractivity (Wildman–Crippen MR) is 115 cm³/mol. The average molecular weight is 411 g/mol. The van der Waals surface area contributed by atoms with Gasteiger partial charge >= 0.3 is 0 Å². The Labute approximate surface area is 175 Å². The number of aryl methyl sites for hydroxylation is 2. The lowest BCUT2D eigenvalue weighted by Crippen LogP contribution is -2.33. The Balaban J connectivity index is 1.65. The molecule has 0 atom stereocenters. The number of hydrogen-bond acceptors (Lipinski definition) is 5. The molecule has 0 aliphatic carbocycles. The lowest BCUT2D eigenvalue weighted by molar-refractivity contribution is 0.0678. The second-order valence-corrected chi connectivity index (χ2v) is 7.87. The van der Waals surface area contributed by atoms with Gasteiger partial charge in [-0.1, -0.05) is 35.4 Å². The summed E-state index contributed by atoms with van der Waals surface area (Å²) in [5.74, 6) is 0.805. The molecule has 0 saturated carbocycles. The molecule has 2 aromatic carbocycles. The van der Waals surface area contributed by atoms with E-state index < -0.39 is 0 Å². The summed E-state index contributed by atoms with van der Waals surface area (Å²) in [5.41, 5.74) is 3.80. The molecule has 1 amide bonds. The van der Waals surface area contributed by atoms with Gasteiger partial charge in [0, 0.05) is 24.6 Å². The van der Waals surface area contributed by atoms with Crippen molar-refractivity contribution in [3.63, 3.8) is 0 Å². The second kappa shape index (κ2) is 10.2. The smallest absolute Gasteiger partial charge is 0.254 e. The zero-order valence-corrected chi connectivity index (χ0v) is 17.9. The Bertz CT molecular complexity index is 937. The first-order chi connectivity index (χ1) is 14.0. The molecular weight excluding hydrogens is 384 g/mol. The van der Waals surface area contributed by atoms with E-state index in [4.69, 9.17) is 9.47 Å². The van der Waals surface area contributed by atoms with Crippen LogP contribution in [0.25, 0.3) is 0 Å². The quantitative estimate of drug-likeness (QED) is 0.516. The second-order valence-electron chi connectivity index (χ2n) is 6.92. The number of carbonyl (C=O) groups is 1. The minimum atomic E-state index is -0.0174. The van der Waals surface area contributed by atoms with Gasteiger partial charge in [0.05, 0.1) is 18.8 Å². The summed E-state index contributed by atoms with van der Waals surface area (Å²) >= 11 is 1.54. The molecule has 3 rings (SSSR count). The number of amides is 1. The zero-order chi connectivity index (χ0) is 20.6. The molecule has 0 saturated heterocycles. The molecule has 0 fully saturated rings. The summed E-state index contributed by atoms with van der Waals surface area (Å²) in [6.07, 6.45) is 0. The number of hydrogen-bond donors (Lipinski definition) is 0. The van der Waals surface area contributed by atoms with Crippen LogP contribution in [0.2, 0.25) is 0 Å². The van der Waals surface area contributed by atoms with Gasteiger partial charge in [-0.15, -0.1) is 11.3 Å². The lowest BCUT2D eigenvalue weighted by Gasteiger charge is -2.21. The Morgan fingerprint density at radius 2 is 1.90 bits per heavy atom. The van der Waals surface area contributed by atoms with E-state index in [9.17, 15) is 4.79 Å². The van der Waals surface area contributed by atoms with Crippen LogP contribution in [-0.4, -0.2) is 36.1 Å². The first kappa shape index (κ1) is 21.0. The number of nitrogens with zero attached hydrogens (tertiary/aromatic N) is 2. The van der Waals surface area contributed by atoms with Crippen LogP contribution < -0.4 is 4.74 Å². The van der Waals surface area contributed by atoms with Crippen LogP contribution in [0.5, 0.6) is 5.75 Å². The number of methoxy groups -OCH3 is 1. The van der Waals surface area contributed by atoms with Crippen molar-refractivity contribution < 1.29 is 14.3 Å². The molecule has 1 heterocycles. The first-order valence-electron chi connectivity index (χ1n) is 9.53. The molecule has 6 heteroatoms. The van der Waals surface area contributed by atoms with Crippen LogP contribution in [0.1, 0.15) is 32.2 Å². The molecule has 152 valence electrons. The average Bonchev–Trinajstić information content (AvgIpc) is 3.17. The van der Waals surface area contributed by atoms with Crippen LogP contribution in [0.15, 0.2) is 53.9 Å². The molecule has 1 aromatic heterocycles. The van der Waals surface area contributed by atoms with Gasteiger partial charge in [-0.05, 0) is 38.1 Å². The van der Waals surface area contributed by atoms with E-state index in [1.54, 1.807) is 23.3 Å². The third-order valence-electron chi connectivity index (χ3n) is 4.45. The van der Waals surface area contributed by atoms with Crippen molar-refractivity contribution in [3.05, 3.63) is 81.3 Å². The Morgan fingerprint density at radius 3 is 2.62 bits per heavy atom. The lowest BCUT2D eigenvalue weighted by atomic mass is 10.1. The third-order valence-corrected chi connectivity index (χ3v) is 5.32. The summed E-state index contributed by atoms with van der Waals surface area (Å²) in [6.45, 7) is 5.87. The van der Waals surface area contributed by atoms with Gasteiger partial charge in [-0.3, -0.25) is 4.79 Å². The van der Waals surface area contributed by atoms with Crippen LogP contribution in [0, 0.1) is 13.8 Å². The Morgan fingerprint density at radius 1 is 1.10 bits per heavy atom. The predicted octanol–water partition coefficient (Wildman–Crippen LogP) is 4.63. The van der Waals surface area contributed by atoms with Crippen LogP contribution in [-0.2, 0) is 17.9 Å². The number of ether oxygens (including phenoxy) is 2. The molecule has 0 spiro atoms. The standard InChI is InChI=1S/C23H26N2O3S/c1-17-7-9-21(10-8-17)28-15-22-24-20(16-29-22)14-25(11-12-27-3)23(26)19-6-4-5-18(2)13-19/h4-10,13,16H,11-12,14-15H2,1-3H3. The van der Waals surface area contributed by atoms with Gasteiger partial charge in [-0.2, -0.15) is 0 Å². The summed E-state index contributed by atoms with van der Waals surface area (Å²) in [5, 5.41) is 2.87.